The molecule has 0 radical (unpaired) electrons. The maximum atomic E-state index is 13.3. The first kappa shape index (κ1) is 21.3. The van der Waals surface area contributed by atoms with Crippen LogP contribution in [0.5, 0.6) is 11.5 Å². The van der Waals surface area contributed by atoms with Gasteiger partial charge in [0.05, 0.1) is 10.9 Å². The van der Waals surface area contributed by atoms with Crippen LogP contribution in [0.4, 0.5) is 0 Å². The van der Waals surface area contributed by atoms with Gasteiger partial charge in [0.2, 0.25) is 12.7 Å². The van der Waals surface area contributed by atoms with Gasteiger partial charge >= 0.3 is 5.69 Å². The Morgan fingerprint density at radius 3 is 2.58 bits per heavy atom. The third kappa shape index (κ3) is 4.00. The number of hydrogen-bond acceptors (Lipinski definition) is 6. The summed E-state index contributed by atoms with van der Waals surface area (Å²) in [4.78, 5) is 45.8. The third-order valence-corrected chi connectivity index (χ3v) is 6.35. The number of aromatic amines is 1. The molecular weight excluding hydrogens is 424 g/mol. The molecule has 9 heteroatoms. The first-order valence-corrected chi connectivity index (χ1v) is 11.2. The number of aromatic nitrogens is 2. The number of para-hydroxylation sites is 1. The highest BCUT2D eigenvalue weighted by Gasteiger charge is 2.30. The molecule has 1 N–H and O–H groups in total. The van der Waals surface area contributed by atoms with Crippen LogP contribution < -0.4 is 20.7 Å². The fraction of sp³-hybridized carbons (Fsp3) is 0.375. The molecule has 0 aliphatic carbocycles. The van der Waals surface area contributed by atoms with Crippen LogP contribution in [0.25, 0.3) is 10.9 Å². The van der Waals surface area contributed by atoms with Crippen LogP contribution in [0, 0.1) is 0 Å². The number of fused-ring (bicyclic) bond motifs is 2. The topological polar surface area (TPSA) is 96.9 Å². The van der Waals surface area contributed by atoms with Gasteiger partial charge in [0.25, 0.3) is 5.56 Å². The molecule has 3 heterocycles. The number of piperazine rings is 1. The quantitative estimate of drug-likeness (QED) is 0.636. The van der Waals surface area contributed by atoms with Crippen molar-refractivity contribution in [1.29, 1.82) is 0 Å². The second kappa shape index (κ2) is 8.74. The summed E-state index contributed by atoms with van der Waals surface area (Å²) in [5.74, 6) is 1.33. The summed E-state index contributed by atoms with van der Waals surface area (Å²) in [7, 11) is 0. The van der Waals surface area contributed by atoms with Crippen molar-refractivity contribution < 1.29 is 14.3 Å². The summed E-state index contributed by atoms with van der Waals surface area (Å²) in [6.07, 6.45) is 0.359. The first-order valence-electron chi connectivity index (χ1n) is 11.2. The number of hydrogen-bond donors (Lipinski definition) is 1. The van der Waals surface area contributed by atoms with E-state index in [4.69, 9.17) is 9.47 Å². The van der Waals surface area contributed by atoms with E-state index in [2.05, 4.69) is 9.88 Å². The number of nitrogens with one attached hydrogen (secondary N) is 1. The van der Waals surface area contributed by atoms with Crippen molar-refractivity contribution >= 4 is 16.8 Å². The Bertz CT molecular complexity index is 1310. The molecule has 5 rings (SSSR count). The zero-order valence-corrected chi connectivity index (χ0v) is 18.5. The van der Waals surface area contributed by atoms with Crippen molar-refractivity contribution in [3.05, 3.63) is 68.9 Å². The Balaban J connectivity index is 1.29. The number of ether oxygens (including phenoxy) is 2. The standard InChI is InChI=1S/C24H26N4O5/c1-2-19(28-22(29)17-5-3-4-6-18(17)25-24(28)31)23(30)27-11-9-26(10-12-27)14-16-7-8-20-21(13-16)33-15-32-20/h3-8,13,19H,2,9-12,14-15H2,1H3,(H,25,31)/t19-/m0/s1. The first-order chi connectivity index (χ1) is 16.0. The van der Waals surface area contributed by atoms with Gasteiger partial charge in [0, 0.05) is 32.7 Å². The van der Waals surface area contributed by atoms with Crippen LogP contribution in [0.1, 0.15) is 24.9 Å². The zero-order valence-electron chi connectivity index (χ0n) is 18.5. The zero-order chi connectivity index (χ0) is 22.9. The van der Waals surface area contributed by atoms with Crippen molar-refractivity contribution in [2.45, 2.75) is 25.9 Å². The number of nitrogens with zero attached hydrogens (tertiary/aromatic N) is 3. The molecule has 172 valence electrons. The average Bonchev–Trinajstić information content (AvgIpc) is 3.30. The van der Waals surface area contributed by atoms with Gasteiger partial charge in [-0.1, -0.05) is 25.1 Å². The average molecular weight is 450 g/mol. The molecule has 2 aliphatic heterocycles. The normalized spacial score (nSPS) is 16.8. The smallest absolute Gasteiger partial charge is 0.329 e. The second-order valence-electron chi connectivity index (χ2n) is 8.36. The molecule has 33 heavy (non-hydrogen) atoms. The van der Waals surface area contributed by atoms with E-state index in [0.717, 1.165) is 28.2 Å². The lowest BCUT2D eigenvalue weighted by atomic mass is 10.1. The maximum Gasteiger partial charge on any atom is 0.329 e. The lowest BCUT2D eigenvalue weighted by Crippen LogP contribution is -2.52. The minimum absolute atomic E-state index is 0.192. The van der Waals surface area contributed by atoms with Crippen LogP contribution in [0.3, 0.4) is 0 Å². The molecule has 0 bridgehead atoms. The highest BCUT2D eigenvalue weighted by atomic mass is 16.7. The highest BCUT2D eigenvalue weighted by Crippen LogP contribution is 2.32. The molecule has 2 aromatic carbocycles. The minimum Gasteiger partial charge on any atom is -0.454 e. The maximum absolute atomic E-state index is 13.3. The van der Waals surface area contributed by atoms with Crippen molar-refractivity contribution in [3.63, 3.8) is 0 Å². The van der Waals surface area contributed by atoms with E-state index in [1.54, 1.807) is 29.2 Å². The van der Waals surface area contributed by atoms with Crippen LogP contribution >= 0.6 is 0 Å². The predicted molar refractivity (Wildman–Crippen MR) is 123 cm³/mol. The van der Waals surface area contributed by atoms with Gasteiger partial charge in [0.1, 0.15) is 6.04 Å². The summed E-state index contributed by atoms with van der Waals surface area (Å²) >= 11 is 0. The van der Waals surface area contributed by atoms with Crippen LogP contribution in [-0.2, 0) is 11.3 Å². The number of carbonyl (C=O) groups is 1. The van der Waals surface area contributed by atoms with Crippen LogP contribution in [-0.4, -0.2) is 58.2 Å². The molecule has 9 nitrogen and oxygen atoms in total. The van der Waals surface area contributed by atoms with Gasteiger partial charge < -0.3 is 19.4 Å². The monoisotopic (exact) mass is 450 g/mol. The van der Waals surface area contributed by atoms with Crippen molar-refractivity contribution in [1.82, 2.24) is 19.4 Å². The van der Waals surface area contributed by atoms with Crippen LogP contribution in [0.2, 0.25) is 0 Å². The minimum atomic E-state index is -0.828. The number of carbonyl (C=O) groups excluding carboxylic acids is 1. The molecule has 1 amide bonds. The Morgan fingerprint density at radius 2 is 1.79 bits per heavy atom. The van der Waals surface area contributed by atoms with E-state index in [0.29, 0.717) is 43.5 Å². The van der Waals surface area contributed by atoms with Gasteiger partial charge in [-0.05, 0) is 36.2 Å². The van der Waals surface area contributed by atoms with Crippen molar-refractivity contribution in [2.75, 3.05) is 33.0 Å². The van der Waals surface area contributed by atoms with E-state index in [1.807, 2.05) is 25.1 Å². The highest BCUT2D eigenvalue weighted by molar-refractivity contribution is 5.82. The van der Waals surface area contributed by atoms with Gasteiger partial charge in [-0.2, -0.15) is 0 Å². The number of amides is 1. The molecule has 1 aromatic heterocycles. The fourth-order valence-electron chi connectivity index (χ4n) is 4.56. The Morgan fingerprint density at radius 1 is 1.03 bits per heavy atom. The molecule has 1 saturated heterocycles. The Hall–Kier alpha value is -3.59. The number of rotatable bonds is 5. The molecule has 0 unspecified atom stereocenters. The van der Waals surface area contributed by atoms with Crippen LogP contribution in [0.15, 0.2) is 52.1 Å². The fourth-order valence-corrected chi connectivity index (χ4v) is 4.56. The lowest BCUT2D eigenvalue weighted by Gasteiger charge is -2.36. The summed E-state index contributed by atoms with van der Waals surface area (Å²) in [6, 6.07) is 12.0. The summed E-state index contributed by atoms with van der Waals surface area (Å²) in [5, 5.41) is 0.400. The van der Waals surface area contributed by atoms with Crippen molar-refractivity contribution in [3.8, 4) is 11.5 Å². The molecule has 0 saturated carbocycles. The van der Waals surface area contributed by atoms with E-state index in [-0.39, 0.29) is 12.7 Å². The van der Waals surface area contributed by atoms with Gasteiger partial charge in [-0.3, -0.25) is 14.5 Å². The summed E-state index contributed by atoms with van der Waals surface area (Å²) in [5.41, 5.74) is 0.610. The summed E-state index contributed by atoms with van der Waals surface area (Å²) in [6.45, 7) is 5.32. The summed E-state index contributed by atoms with van der Waals surface area (Å²) < 4.78 is 11.9. The molecule has 1 fully saturated rings. The molecule has 3 aromatic rings. The molecule has 2 aliphatic rings. The van der Waals surface area contributed by atoms with Crippen molar-refractivity contribution in [2.24, 2.45) is 0 Å². The predicted octanol–water partition coefficient (Wildman–Crippen LogP) is 1.71. The SMILES string of the molecule is CC[C@@H](C(=O)N1CCN(Cc2ccc3c(c2)OCO3)CC1)n1c(=O)[nH]c2ccccc2c1=O. The largest absolute Gasteiger partial charge is 0.454 e. The van der Waals surface area contributed by atoms with Gasteiger partial charge in [-0.15, -0.1) is 0 Å². The molecule has 1 atom stereocenters. The third-order valence-electron chi connectivity index (χ3n) is 6.35. The lowest BCUT2D eigenvalue weighted by molar-refractivity contribution is -0.137. The number of H-pyrrole nitrogens is 1. The second-order valence-corrected chi connectivity index (χ2v) is 8.36. The van der Waals surface area contributed by atoms with E-state index in [1.165, 1.54) is 0 Å². The van der Waals surface area contributed by atoms with Gasteiger partial charge in [0.15, 0.2) is 11.5 Å². The molecule has 0 spiro atoms. The molecular formula is C24H26N4O5. The van der Waals surface area contributed by atoms with E-state index < -0.39 is 17.3 Å². The number of benzene rings is 2. The van der Waals surface area contributed by atoms with E-state index >= 15 is 0 Å². The van der Waals surface area contributed by atoms with Gasteiger partial charge in [-0.25, -0.2) is 9.36 Å². The van der Waals surface area contributed by atoms with E-state index in [9.17, 15) is 14.4 Å². The Kier molecular flexibility index (Phi) is 5.63. The Labute approximate surface area is 190 Å².